The summed E-state index contributed by atoms with van der Waals surface area (Å²) in [7, 11) is -1.66. The van der Waals surface area contributed by atoms with Crippen molar-refractivity contribution >= 4 is 27.1 Å². The average molecular weight is 472 g/mol. The highest BCUT2D eigenvalue weighted by molar-refractivity contribution is 7.91. The molecule has 3 heterocycles. The lowest BCUT2D eigenvalue weighted by atomic mass is 9.84. The monoisotopic (exact) mass is 471 g/mol. The number of nitrogens with zero attached hydrogens (tertiary/aromatic N) is 2. The zero-order chi connectivity index (χ0) is 23.5. The third-order valence-corrected chi connectivity index (χ3v) is 7.62. The molecule has 0 saturated heterocycles. The summed E-state index contributed by atoms with van der Waals surface area (Å²) in [5.41, 5.74) is 3.91. The van der Waals surface area contributed by atoms with Crippen LogP contribution in [0.25, 0.3) is 11.3 Å². The zero-order valence-electron chi connectivity index (χ0n) is 19.1. The molecule has 1 fully saturated rings. The van der Waals surface area contributed by atoms with Gasteiger partial charge in [-0.15, -0.1) is 0 Å². The first kappa shape index (κ1) is 22.0. The SMILES string of the molecule is CCOC(=O)C1CNC2=C3C(=CN(CC4CC4)C31)C=C(CS(C)(=O)=O)c1ccn(C)c(=O)c12. The van der Waals surface area contributed by atoms with E-state index >= 15 is 0 Å². The molecule has 0 spiro atoms. The summed E-state index contributed by atoms with van der Waals surface area (Å²) in [6, 6.07) is 1.56. The second-order valence-corrected chi connectivity index (χ2v) is 11.6. The number of ether oxygens (including phenoxy) is 1. The third-order valence-electron chi connectivity index (χ3n) is 6.79. The first-order valence-electron chi connectivity index (χ1n) is 11.4. The topological polar surface area (TPSA) is 97.7 Å². The van der Waals surface area contributed by atoms with Crippen molar-refractivity contribution in [1.82, 2.24) is 14.8 Å². The molecule has 2 aliphatic carbocycles. The molecule has 0 radical (unpaired) electrons. The Labute approximate surface area is 193 Å². The Kier molecular flexibility index (Phi) is 5.27. The van der Waals surface area contributed by atoms with Gasteiger partial charge in [0.05, 0.1) is 35.6 Å². The number of allylic oxidation sites excluding steroid dienone is 1. The highest BCUT2D eigenvalue weighted by atomic mass is 32.2. The Morgan fingerprint density at radius 2 is 2.06 bits per heavy atom. The normalized spacial score (nSPS) is 23.8. The van der Waals surface area contributed by atoms with E-state index in [9.17, 15) is 18.0 Å². The van der Waals surface area contributed by atoms with Gasteiger partial charge in [0.15, 0.2) is 9.84 Å². The summed E-state index contributed by atoms with van der Waals surface area (Å²) in [6.07, 6.45) is 9.12. The van der Waals surface area contributed by atoms with Crippen LogP contribution in [0.3, 0.4) is 0 Å². The standard InChI is InChI=1S/C24H29N3O5S/c1-4-32-24(29)18-10-25-21-19-15(12-27(22(18)19)11-14-5-6-14)9-16(13-33(3,30)31)17-7-8-26(2)23(28)20(17)21/h7-9,12,14,18,22,25H,4-6,10-11,13H2,1-3H3. The van der Waals surface area contributed by atoms with Crippen molar-refractivity contribution in [2.24, 2.45) is 18.9 Å². The minimum atomic E-state index is -3.34. The van der Waals surface area contributed by atoms with Crippen molar-refractivity contribution < 1.29 is 17.9 Å². The molecule has 33 heavy (non-hydrogen) atoms. The first-order valence-corrected chi connectivity index (χ1v) is 13.4. The minimum Gasteiger partial charge on any atom is -0.466 e. The van der Waals surface area contributed by atoms with E-state index in [2.05, 4.69) is 10.2 Å². The number of nitrogens with one attached hydrogen (secondary N) is 1. The van der Waals surface area contributed by atoms with E-state index in [0.717, 1.165) is 17.7 Å². The second kappa shape index (κ2) is 7.90. The lowest BCUT2D eigenvalue weighted by Crippen LogP contribution is -2.49. The minimum absolute atomic E-state index is 0.167. The number of carbonyl (C=O) groups excluding carboxylic acids is 1. The van der Waals surface area contributed by atoms with Gasteiger partial charge in [0, 0.05) is 44.4 Å². The number of hydrogen-bond donors (Lipinski definition) is 1. The molecule has 9 heteroatoms. The van der Waals surface area contributed by atoms with E-state index in [1.165, 1.54) is 23.7 Å². The molecule has 2 aliphatic heterocycles. The fraction of sp³-hybridized carbons (Fsp3) is 0.500. The van der Waals surface area contributed by atoms with Crippen molar-refractivity contribution in [3.05, 3.63) is 57.2 Å². The number of pyridine rings is 1. The Balaban J connectivity index is 1.73. The van der Waals surface area contributed by atoms with E-state index in [1.807, 2.05) is 12.3 Å². The molecule has 0 bridgehead atoms. The van der Waals surface area contributed by atoms with Gasteiger partial charge in [0.1, 0.15) is 0 Å². The third kappa shape index (κ3) is 3.92. The van der Waals surface area contributed by atoms with Crippen molar-refractivity contribution in [2.45, 2.75) is 25.8 Å². The highest BCUT2D eigenvalue weighted by Crippen LogP contribution is 2.45. The number of aryl methyl sites for hydroxylation is 1. The van der Waals surface area contributed by atoms with Gasteiger partial charge in [-0.1, -0.05) is 0 Å². The van der Waals surface area contributed by atoms with E-state index in [-0.39, 0.29) is 23.3 Å². The van der Waals surface area contributed by atoms with Gasteiger partial charge in [-0.2, -0.15) is 0 Å². The number of aromatic nitrogens is 1. The number of hydrogen-bond acceptors (Lipinski definition) is 7. The van der Waals surface area contributed by atoms with Gasteiger partial charge in [0.25, 0.3) is 5.56 Å². The summed E-state index contributed by atoms with van der Waals surface area (Å²) in [4.78, 5) is 28.5. The summed E-state index contributed by atoms with van der Waals surface area (Å²) >= 11 is 0. The summed E-state index contributed by atoms with van der Waals surface area (Å²) < 4.78 is 31.5. The molecule has 2 unspecified atom stereocenters. The van der Waals surface area contributed by atoms with E-state index in [4.69, 9.17) is 4.74 Å². The molecule has 1 saturated carbocycles. The zero-order valence-corrected chi connectivity index (χ0v) is 19.9. The van der Waals surface area contributed by atoms with Crippen molar-refractivity contribution in [3.8, 4) is 0 Å². The van der Waals surface area contributed by atoms with Crippen LogP contribution in [-0.2, 0) is 26.4 Å². The van der Waals surface area contributed by atoms with Gasteiger partial charge >= 0.3 is 5.97 Å². The Hall–Kier alpha value is -2.81. The van der Waals surface area contributed by atoms with Crippen molar-refractivity contribution in [1.29, 1.82) is 0 Å². The highest BCUT2D eigenvalue weighted by Gasteiger charge is 2.47. The first-order chi connectivity index (χ1) is 15.7. The van der Waals surface area contributed by atoms with E-state index < -0.39 is 15.8 Å². The lowest BCUT2D eigenvalue weighted by Gasteiger charge is -2.37. The van der Waals surface area contributed by atoms with Gasteiger partial charge in [-0.25, -0.2) is 8.42 Å². The number of carbonyl (C=O) groups is 1. The molecule has 0 aromatic carbocycles. The van der Waals surface area contributed by atoms with Crippen LogP contribution in [0.1, 0.15) is 30.9 Å². The summed E-state index contributed by atoms with van der Waals surface area (Å²) in [5, 5.41) is 3.36. The maximum Gasteiger partial charge on any atom is 0.313 e. The molecule has 0 amide bonds. The fourth-order valence-electron chi connectivity index (χ4n) is 5.18. The number of sulfone groups is 1. The van der Waals surface area contributed by atoms with Gasteiger partial charge in [0.2, 0.25) is 0 Å². The van der Waals surface area contributed by atoms with Crippen LogP contribution in [0.4, 0.5) is 0 Å². The smallest absolute Gasteiger partial charge is 0.313 e. The van der Waals surface area contributed by atoms with Gasteiger partial charge in [-0.05, 0) is 54.5 Å². The molecule has 1 aromatic rings. The van der Waals surface area contributed by atoms with Crippen LogP contribution >= 0.6 is 0 Å². The van der Waals surface area contributed by atoms with Gasteiger partial charge in [-0.3, -0.25) is 9.59 Å². The molecule has 2 atom stereocenters. The molecule has 1 aromatic heterocycles. The maximum atomic E-state index is 13.3. The maximum absolute atomic E-state index is 13.3. The Bertz CT molecular complexity index is 1280. The molecular weight excluding hydrogens is 442 g/mol. The molecule has 1 N–H and O–H groups in total. The predicted molar refractivity (Wildman–Crippen MR) is 126 cm³/mol. The van der Waals surface area contributed by atoms with Crippen LogP contribution in [0.5, 0.6) is 0 Å². The summed E-state index contributed by atoms with van der Waals surface area (Å²) in [5.74, 6) is -0.259. The second-order valence-electron chi connectivity index (χ2n) is 9.46. The van der Waals surface area contributed by atoms with Crippen LogP contribution in [-0.4, -0.2) is 61.6 Å². The average Bonchev–Trinajstić information content (AvgIpc) is 3.50. The van der Waals surface area contributed by atoms with E-state index in [0.29, 0.717) is 41.5 Å². The predicted octanol–water partition coefficient (Wildman–Crippen LogP) is 1.30. The number of esters is 1. The number of rotatable bonds is 6. The van der Waals surface area contributed by atoms with Gasteiger partial charge < -0.3 is 19.5 Å². The molecule has 4 aliphatic rings. The Morgan fingerprint density at radius 1 is 1.30 bits per heavy atom. The molecule has 8 nitrogen and oxygen atoms in total. The quantitative estimate of drug-likeness (QED) is 0.625. The lowest BCUT2D eigenvalue weighted by molar-refractivity contribution is -0.149. The van der Waals surface area contributed by atoms with Crippen LogP contribution < -0.4 is 10.9 Å². The molecular formula is C24H29N3O5S. The van der Waals surface area contributed by atoms with Crippen LogP contribution in [0.15, 0.2) is 40.5 Å². The van der Waals surface area contributed by atoms with Crippen LogP contribution in [0.2, 0.25) is 0 Å². The summed E-state index contributed by atoms with van der Waals surface area (Å²) in [6.45, 7) is 3.28. The molecule has 176 valence electrons. The largest absolute Gasteiger partial charge is 0.466 e. The molecule has 5 rings (SSSR count). The fourth-order valence-corrected chi connectivity index (χ4v) is 5.98. The van der Waals surface area contributed by atoms with E-state index in [1.54, 1.807) is 26.2 Å². The Morgan fingerprint density at radius 3 is 2.73 bits per heavy atom. The van der Waals surface area contributed by atoms with Crippen molar-refractivity contribution in [3.63, 3.8) is 0 Å². The number of fused-ring (bicyclic) bond motifs is 2. The van der Waals surface area contributed by atoms with Crippen molar-refractivity contribution in [2.75, 3.05) is 31.7 Å². The van der Waals surface area contributed by atoms with Crippen LogP contribution in [0, 0.1) is 11.8 Å².